The minimum Gasteiger partial charge on any atom is -0.480 e. The maximum atomic E-state index is 10.4. The molecule has 52 valence electrons. The van der Waals surface area contributed by atoms with Gasteiger partial charge in [0, 0.05) is 0 Å². The SMILES string of the molecule is CC1(C)CC1(Cl)C(=O)O. The highest BCUT2D eigenvalue weighted by Crippen LogP contribution is 2.60. The molecule has 3 heteroatoms. The van der Waals surface area contributed by atoms with Gasteiger partial charge in [0.05, 0.1) is 0 Å². The molecule has 1 saturated carbocycles. The Bertz CT molecular complexity index is 164. The minimum atomic E-state index is -0.965. The van der Waals surface area contributed by atoms with Crippen molar-refractivity contribution in [1.82, 2.24) is 0 Å². The zero-order chi connectivity index (χ0) is 7.28. The first-order valence-electron chi connectivity index (χ1n) is 2.82. The summed E-state index contributed by atoms with van der Waals surface area (Å²) in [5.74, 6) is -0.894. The smallest absolute Gasteiger partial charge is 0.325 e. The van der Waals surface area contributed by atoms with E-state index in [2.05, 4.69) is 0 Å². The van der Waals surface area contributed by atoms with Gasteiger partial charge in [-0.25, -0.2) is 0 Å². The number of hydrogen-bond donors (Lipinski definition) is 1. The van der Waals surface area contributed by atoms with Crippen LogP contribution >= 0.6 is 11.6 Å². The monoisotopic (exact) mass is 148 g/mol. The molecule has 2 nitrogen and oxygen atoms in total. The van der Waals surface area contributed by atoms with Gasteiger partial charge in [-0.15, -0.1) is 11.6 Å². The number of alkyl halides is 1. The predicted molar refractivity (Wildman–Crippen MR) is 34.6 cm³/mol. The lowest BCUT2D eigenvalue weighted by Gasteiger charge is -2.04. The third-order valence-electron chi connectivity index (χ3n) is 1.97. The molecule has 1 rings (SSSR count). The third-order valence-corrected chi connectivity index (χ3v) is 2.78. The van der Waals surface area contributed by atoms with E-state index >= 15 is 0 Å². The average molecular weight is 149 g/mol. The van der Waals surface area contributed by atoms with E-state index in [1.54, 1.807) is 0 Å². The maximum Gasteiger partial charge on any atom is 0.325 e. The van der Waals surface area contributed by atoms with Gasteiger partial charge in [0.1, 0.15) is 4.87 Å². The van der Waals surface area contributed by atoms with Crippen molar-refractivity contribution < 1.29 is 9.90 Å². The number of carboxylic acids is 1. The molecule has 1 unspecified atom stereocenters. The molecule has 0 bridgehead atoms. The molecular weight excluding hydrogens is 140 g/mol. The summed E-state index contributed by atoms with van der Waals surface area (Å²) in [6, 6.07) is 0. The Morgan fingerprint density at radius 2 is 2.00 bits per heavy atom. The van der Waals surface area contributed by atoms with E-state index in [0.717, 1.165) is 0 Å². The number of halogens is 1. The van der Waals surface area contributed by atoms with Crippen LogP contribution in [0.4, 0.5) is 0 Å². The van der Waals surface area contributed by atoms with Crippen LogP contribution in [0.3, 0.4) is 0 Å². The molecule has 0 spiro atoms. The van der Waals surface area contributed by atoms with Crippen LogP contribution in [-0.4, -0.2) is 16.0 Å². The summed E-state index contributed by atoms with van der Waals surface area (Å²) in [5.41, 5.74) is -0.208. The van der Waals surface area contributed by atoms with Gasteiger partial charge < -0.3 is 5.11 Å². The molecule has 0 aliphatic heterocycles. The van der Waals surface area contributed by atoms with E-state index < -0.39 is 10.8 Å². The first-order chi connectivity index (χ1) is 3.90. The van der Waals surface area contributed by atoms with Crippen molar-refractivity contribution >= 4 is 17.6 Å². The van der Waals surface area contributed by atoms with Gasteiger partial charge in [-0.05, 0) is 11.8 Å². The van der Waals surface area contributed by atoms with Crippen molar-refractivity contribution in [1.29, 1.82) is 0 Å². The molecule has 1 aliphatic rings. The van der Waals surface area contributed by atoms with Gasteiger partial charge >= 0.3 is 5.97 Å². The van der Waals surface area contributed by atoms with Crippen molar-refractivity contribution in [3.63, 3.8) is 0 Å². The summed E-state index contributed by atoms with van der Waals surface area (Å²) < 4.78 is 0. The van der Waals surface area contributed by atoms with Crippen LogP contribution in [0.25, 0.3) is 0 Å². The van der Waals surface area contributed by atoms with Crippen molar-refractivity contribution in [3.05, 3.63) is 0 Å². The predicted octanol–water partition coefficient (Wildman–Crippen LogP) is 1.48. The first-order valence-corrected chi connectivity index (χ1v) is 3.20. The molecule has 0 aromatic rings. The van der Waals surface area contributed by atoms with Crippen molar-refractivity contribution in [3.8, 4) is 0 Å². The van der Waals surface area contributed by atoms with Crippen molar-refractivity contribution in [2.45, 2.75) is 25.1 Å². The zero-order valence-electron chi connectivity index (χ0n) is 5.44. The molecule has 0 amide bonds. The van der Waals surface area contributed by atoms with E-state index in [1.165, 1.54) is 0 Å². The van der Waals surface area contributed by atoms with Gasteiger partial charge in [-0.3, -0.25) is 4.79 Å². The Labute approximate surface area is 58.8 Å². The highest BCUT2D eigenvalue weighted by atomic mass is 35.5. The highest BCUT2D eigenvalue weighted by molar-refractivity contribution is 6.37. The lowest BCUT2D eigenvalue weighted by atomic mass is 10.1. The molecule has 1 N–H and O–H groups in total. The Balaban J connectivity index is 2.74. The Morgan fingerprint density at radius 1 is 1.67 bits per heavy atom. The molecule has 0 heterocycles. The summed E-state index contributed by atoms with van der Waals surface area (Å²) in [6.45, 7) is 3.71. The first kappa shape index (κ1) is 6.87. The molecular formula is C6H9ClO2. The molecule has 0 aromatic carbocycles. The fourth-order valence-electron chi connectivity index (χ4n) is 0.930. The second kappa shape index (κ2) is 1.43. The van der Waals surface area contributed by atoms with E-state index in [-0.39, 0.29) is 5.41 Å². The van der Waals surface area contributed by atoms with Gasteiger partial charge in [-0.2, -0.15) is 0 Å². The summed E-state index contributed by atoms with van der Waals surface area (Å²) in [6.07, 6.45) is 0.580. The topological polar surface area (TPSA) is 37.3 Å². The van der Waals surface area contributed by atoms with Gasteiger partial charge in [-0.1, -0.05) is 13.8 Å². The van der Waals surface area contributed by atoms with Crippen molar-refractivity contribution in [2.24, 2.45) is 5.41 Å². The highest BCUT2D eigenvalue weighted by Gasteiger charge is 2.66. The quantitative estimate of drug-likeness (QED) is 0.572. The molecule has 1 aliphatic carbocycles. The fraction of sp³-hybridized carbons (Fsp3) is 0.833. The van der Waals surface area contributed by atoms with E-state index in [4.69, 9.17) is 16.7 Å². The number of hydrogen-bond acceptors (Lipinski definition) is 1. The second-order valence-electron chi connectivity index (χ2n) is 3.17. The number of rotatable bonds is 1. The Morgan fingerprint density at radius 3 is 2.00 bits per heavy atom. The Kier molecular flexibility index (Phi) is 1.09. The molecule has 0 saturated heterocycles. The standard InChI is InChI=1S/C6H9ClO2/c1-5(2)3-6(5,7)4(8)9/h3H2,1-2H3,(H,8,9). The molecule has 1 fully saturated rings. The largest absolute Gasteiger partial charge is 0.480 e. The van der Waals surface area contributed by atoms with Gasteiger partial charge in [0.25, 0.3) is 0 Å². The van der Waals surface area contributed by atoms with Crippen molar-refractivity contribution in [2.75, 3.05) is 0 Å². The zero-order valence-corrected chi connectivity index (χ0v) is 6.20. The lowest BCUT2D eigenvalue weighted by molar-refractivity contribution is -0.138. The summed E-state index contributed by atoms with van der Waals surface area (Å²) in [5, 5.41) is 8.52. The third kappa shape index (κ3) is 0.732. The summed E-state index contributed by atoms with van der Waals surface area (Å²) in [4.78, 5) is 9.40. The maximum absolute atomic E-state index is 10.4. The molecule has 9 heavy (non-hydrogen) atoms. The molecule has 1 atom stereocenters. The van der Waals surface area contributed by atoms with Crippen LogP contribution in [-0.2, 0) is 4.79 Å². The van der Waals surface area contributed by atoms with Crippen LogP contribution in [0.5, 0.6) is 0 Å². The van der Waals surface area contributed by atoms with Gasteiger partial charge in [0.2, 0.25) is 0 Å². The van der Waals surface area contributed by atoms with Crippen LogP contribution < -0.4 is 0 Å². The van der Waals surface area contributed by atoms with Crippen LogP contribution in [0, 0.1) is 5.41 Å². The minimum absolute atomic E-state index is 0.208. The number of carbonyl (C=O) groups is 1. The average Bonchev–Trinajstić information content (AvgIpc) is 2.08. The van der Waals surface area contributed by atoms with E-state index in [1.807, 2.05) is 13.8 Å². The summed E-state index contributed by atoms with van der Waals surface area (Å²) >= 11 is 5.67. The fourth-order valence-corrected chi connectivity index (χ4v) is 1.26. The number of carboxylic acid groups (broad SMARTS) is 1. The normalized spacial score (nSPS) is 38.1. The molecule has 0 aromatic heterocycles. The van der Waals surface area contributed by atoms with Crippen LogP contribution in [0.15, 0.2) is 0 Å². The van der Waals surface area contributed by atoms with Gasteiger partial charge in [0.15, 0.2) is 0 Å². The van der Waals surface area contributed by atoms with Crippen LogP contribution in [0.1, 0.15) is 20.3 Å². The van der Waals surface area contributed by atoms with E-state index in [9.17, 15) is 4.79 Å². The van der Waals surface area contributed by atoms with Crippen LogP contribution in [0.2, 0.25) is 0 Å². The Hall–Kier alpha value is -0.240. The number of aliphatic carboxylic acids is 1. The molecule has 0 radical (unpaired) electrons. The lowest BCUT2D eigenvalue weighted by Crippen LogP contribution is -2.20. The second-order valence-corrected chi connectivity index (χ2v) is 3.81. The summed E-state index contributed by atoms with van der Waals surface area (Å²) in [7, 11) is 0. The van der Waals surface area contributed by atoms with E-state index in [0.29, 0.717) is 6.42 Å².